The molecule has 0 saturated carbocycles. The molecule has 0 saturated heterocycles. The minimum Gasteiger partial charge on any atom is -0.355 e. The van der Waals surface area contributed by atoms with E-state index in [-0.39, 0.29) is 0 Å². The fourth-order valence-electron chi connectivity index (χ4n) is 6.79. The van der Waals surface area contributed by atoms with Gasteiger partial charge < -0.3 is 5.32 Å². The number of fused-ring (bicyclic) bond motifs is 5. The molecule has 0 aromatic heterocycles. The second-order valence-electron chi connectivity index (χ2n) is 10.9. The van der Waals surface area contributed by atoms with Crippen LogP contribution >= 0.6 is 0 Å². The zero-order valence-electron chi connectivity index (χ0n) is 22.6. The number of nitrogens with one attached hydrogen (secondary N) is 1. The smallest absolute Gasteiger partial charge is 0.214 e. The van der Waals surface area contributed by atoms with E-state index in [1.165, 1.54) is 67.3 Å². The quantitative estimate of drug-likeness (QED) is 0.178. The van der Waals surface area contributed by atoms with Crippen molar-refractivity contribution in [2.75, 3.05) is 5.32 Å². The van der Waals surface area contributed by atoms with Gasteiger partial charge in [-0.25, -0.2) is 0 Å². The highest BCUT2D eigenvalue weighted by Gasteiger charge is 2.58. The van der Waals surface area contributed by atoms with Crippen molar-refractivity contribution in [1.29, 1.82) is 0 Å². The number of rotatable bonds is 5. The van der Waals surface area contributed by atoms with Crippen molar-refractivity contribution >= 4 is 34.1 Å². The summed E-state index contributed by atoms with van der Waals surface area (Å²) < 4.78 is 0.708. The predicted octanol–water partition coefficient (Wildman–Crippen LogP) is 11.0. The van der Waals surface area contributed by atoms with Gasteiger partial charge in [-0.15, -0.1) is 0 Å². The standard InChI is InChI=1S/C38H29N2/c1-25-11-9-17-32-35(25)37-33(39-28-13-5-3-6-14-28)24-23-31(36(32)37)27-19-21-30(22-20-27)40(29-15-7-4-8-16-29)34-18-10-12-26(2)38(34)40/h3-24,39H,1-2H3/q+1. The predicted molar refractivity (Wildman–Crippen MR) is 169 cm³/mol. The van der Waals surface area contributed by atoms with E-state index in [1.807, 2.05) is 0 Å². The summed E-state index contributed by atoms with van der Waals surface area (Å²) in [6.07, 6.45) is 0. The van der Waals surface area contributed by atoms with E-state index >= 15 is 0 Å². The number of hydrogen-bond donors (Lipinski definition) is 1. The van der Waals surface area contributed by atoms with E-state index in [0.717, 1.165) is 11.4 Å². The molecule has 1 unspecified atom stereocenters. The highest BCUT2D eigenvalue weighted by Crippen LogP contribution is 2.69. The molecule has 2 heteroatoms. The first-order chi connectivity index (χ1) is 19.7. The topological polar surface area (TPSA) is 12.0 Å². The molecule has 1 N–H and O–H groups in total. The molecule has 1 aliphatic heterocycles. The monoisotopic (exact) mass is 513 g/mol. The van der Waals surface area contributed by atoms with Crippen molar-refractivity contribution in [2.24, 2.45) is 0 Å². The van der Waals surface area contributed by atoms with Gasteiger partial charge in [0, 0.05) is 58.4 Å². The van der Waals surface area contributed by atoms with E-state index in [1.54, 1.807) is 0 Å². The normalized spacial score (nSPS) is 15.8. The first-order valence-corrected chi connectivity index (χ1v) is 13.9. The molecule has 6 aromatic rings. The maximum atomic E-state index is 3.68. The Labute approximate surface area is 235 Å². The Morgan fingerprint density at radius 2 is 1.15 bits per heavy atom. The van der Waals surface area contributed by atoms with Crippen LogP contribution in [0.25, 0.3) is 33.4 Å². The van der Waals surface area contributed by atoms with Crippen molar-refractivity contribution < 1.29 is 0 Å². The van der Waals surface area contributed by atoms with Gasteiger partial charge in [-0.1, -0.05) is 72.8 Å². The summed E-state index contributed by atoms with van der Waals surface area (Å²) in [4.78, 5) is 0. The van der Waals surface area contributed by atoms with Crippen LogP contribution in [0.15, 0.2) is 133 Å². The molecule has 0 fully saturated rings. The van der Waals surface area contributed by atoms with Gasteiger partial charge >= 0.3 is 0 Å². The molecule has 6 aromatic carbocycles. The van der Waals surface area contributed by atoms with Crippen LogP contribution in [0.5, 0.6) is 0 Å². The lowest BCUT2D eigenvalue weighted by Crippen LogP contribution is -2.16. The number of para-hydroxylation sites is 3. The van der Waals surface area contributed by atoms with Crippen LogP contribution in [0.3, 0.4) is 0 Å². The zero-order valence-corrected chi connectivity index (χ0v) is 22.6. The summed E-state index contributed by atoms with van der Waals surface area (Å²) in [6, 6.07) is 48.4. The summed E-state index contributed by atoms with van der Waals surface area (Å²) in [5.41, 5.74) is 18.1. The lowest BCUT2D eigenvalue weighted by molar-refractivity contribution is 0.835. The SMILES string of the molecule is Cc1cccc2c1-c1c(Nc3ccccc3)ccc(-c3ccc([N+]4(c5ccccc5)c5cccc(C)c54)cc3)c1-2. The fraction of sp³-hybridized carbons (Fsp3) is 0.0526. The van der Waals surface area contributed by atoms with Gasteiger partial charge in [0.05, 0.1) is 0 Å². The largest absolute Gasteiger partial charge is 0.355 e. The van der Waals surface area contributed by atoms with E-state index in [2.05, 4.69) is 153 Å². The van der Waals surface area contributed by atoms with E-state index in [9.17, 15) is 0 Å². The number of nitrogens with zero attached hydrogens (tertiary/aromatic N) is 1. The van der Waals surface area contributed by atoms with Crippen molar-refractivity contribution in [3.63, 3.8) is 0 Å². The number of aryl methyl sites for hydroxylation is 2. The minimum absolute atomic E-state index is 0.708. The van der Waals surface area contributed by atoms with Gasteiger partial charge in [0.1, 0.15) is 11.4 Å². The van der Waals surface area contributed by atoms with Crippen molar-refractivity contribution in [2.45, 2.75) is 13.8 Å². The third-order valence-corrected chi connectivity index (χ3v) is 8.62. The minimum atomic E-state index is 0.708. The van der Waals surface area contributed by atoms with Crippen LogP contribution in [0, 0.1) is 13.8 Å². The molecule has 2 nitrogen and oxygen atoms in total. The first-order valence-electron chi connectivity index (χ1n) is 13.9. The summed E-state index contributed by atoms with van der Waals surface area (Å²) in [7, 11) is 0. The number of hydrogen-bond acceptors (Lipinski definition) is 1. The van der Waals surface area contributed by atoms with Gasteiger partial charge in [-0.3, -0.25) is 0 Å². The molecule has 0 radical (unpaired) electrons. The summed E-state index contributed by atoms with van der Waals surface area (Å²) in [5, 5.41) is 3.68. The fourth-order valence-corrected chi connectivity index (χ4v) is 6.79. The van der Waals surface area contributed by atoms with Crippen molar-refractivity contribution in [1.82, 2.24) is 4.48 Å². The second-order valence-corrected chi connectivity index (χ2v) is 10.9. The van der Waals surface area contributed by atoms with Gasteiger partial charge in [0.25, 0.3) is 0 Å². The molecule has 1 aliphatic carbocycles. The van der Waals surface area contributed by atoms with E-state index in [0.29, 0.717) is 4.48 Å². The Balaban J connectivity index is 1.24. The van der Waals surface area contributed by atoms with Crippen LogP contribution < -0.4 is 9.80 Å². The van der Waals surface area contributed by atoms with Gasteiger partial charge in [-0.2, -0.15) is 4.48 Å². The third kappa shape index (κ3) is 3.14. The Hall–Kier alpha value is -4.92. The Bertz CT molecular complexity index is 1920. The molecule has 8 rings (SSSR count). The number of anilines is 2. The van der Waals surface area contributed by atoms with Gasteiger partial charge in [0.2, 0.25) is 11.4 Å². The van der Waals surface area contributed by atoms with Crippen LogP contribution in [-0.2, 0) is 0 Å². The van der Waals surface area contributed by atoms with Crippen LogP contribution in [0.4, 0.5) is 34.1 Å². The maximum absolute atomic E-state index is 3.68. The molecule has 2 aliphatic rings. The Morgan fingerprint density at radius 3 is 1.90 bits per heavy atom. The lowest BCUT2D eigenvalue weighted by atomic mass is 9.73. The molecule has 40 heavy (non-hydrogen) atoms. The number of quaternary nitrogens is 1. The molecule has 0 bridgehead atoms. The van der Waals surface area contributed by atoms with Gasteiger partial charge in [-0.05, 0) is 72.0 Å². The van der Waals surface area contributed by atoms with E-state index < -0.39 is 0 Å². The zero-order chi connectivity index (χ0) is 26.8. The highest BCUT2D eigenvalue weighted by atomic mass is 15.5. The number of benzene rings is 6. The molecule has 0 amide bonds. The second kappa shape index (κ2) is 8.54. The van der Waals surface area contributed by atoms with Crippen molar-refractivity contribution in [3.05, 3.63) is 145 Å². The average Bonchev–Trinajstić information content (AvgIpc) is 3.68. The summed E-state index contributed by atoms with van der Waals surface area (Å²) in [5.74, 6) is 0. The Morgan fingerprint density at radius 1 is 0.475 bits per heavy atom. The molecule has 1 heterocycles. The summed E-state index contributed by atoms with van der Waals surface area (Å²) in [6.45, 7) is 4.44. The van der Waals surface area contributed by atoms with Crippen molar-refractivity contribution in [3.8, 4) is 33.4 Å². The van der Waals surface area contributed by atoms with Crippen LogP contribution in [-0.4, -0.2) is 0 Å². The average molecular weight is 514 g/mol. The first kappa shape index (κ1) is 23.0. The third-order valence-electron chi connectivity index (χ3n) is 8.62. The Kier molecular flexibility index (Phi) is 4.91. The molecule has 0 spiro atoms. The maximum Gasteiger partial charge on any atom is 0.214 e. The van der Waals surface area contributed by atoms with E-state index in [4.69, 9.17) is 0 Å². The van der Waals surface area contributed by atoms with Gasteiger partial charge in [0.15, 0.2) is 0 Å². The molecular weight excluding hydrogens is 484 g/mol. The highest BCUT2D eigenvalue weighted by molar-refractivity contribution is 6.14. The van der Waals surface area contributed by atoms with Crippen LogP contribution in [0.2, 0.25) is 0 Å². The summed E-state index contributed by atoms with van der Waals surface area (Å²) >= 11 is 0. The van der Waals surface area contributed by atoms with Crippen LogP contribution in [0.1, 0.15) is 11.1 Å². The molecule has 190 valence electrons. The molecule has 1 atom stereocenters. The lowest BCUT2D eigenvalue weighted by Gasteiger charge is -2.31. The molecular formula is C38H29N2+.